The van der Waals surface area contributed by atoms with E-state index in [4.69, 9.17) is 11.1 Å². The van der Waals surface area contributed by atoms with Crippen molar-refractivity contribution in [2.24, 2.45) is 12.8 Å². The van der Waals surface area contributed by atoms with Crippen molar-refractivity contribution in [3.8, 4) is 0 Å². The zero-order valence-corrected chi connectivity index (χ0v) is 7.20. The Bertz CT molecular complexity index is 362. The summed E-state index contributed by atoms with van der Waals surface area (Å²) in [6.07, 6.45) is 4.82. The molecule has 4 heteroatoms. The maximum atomic E-state index is 7.44. The van der Waals surface area contributed by atoms with E-state index in [0.717, 1.165) is 11.3 Å². The maximum Gasteiger partial charge on any atom is 0.151 e. The van der Waals surface area contributed by atoms with Gasteiger partial charge < -0.3 is 10.3 Å². The number of hydrogen-bond donors (Lipinski definition) is 2. The van der Waals surface area contributed by atoms with Crippen LogP contribution in [-0.4, -0.2) is 9.55 Å². The lowest BCUT2D eigenvalue weighted by Gasteiger charge is -2.06. The van der Waals surface area contributed by atoms with Gasteiger partial charge in [-0.1, -0.05) is 0 Å². The largest absolute Gasteiger partial charge is 0.405 e. The number of nitrogens with one attached hydrogen (secondary N) is 1. The first-order valence-corrected chi connectivity index (χ1v) is 3.62. The molecule has 1 aromatic heterocycles. The van der Waals surface area contributed by atoms with E-state index in [9.17, 15) is 0 Å². The predicted molar refractivity (Wildman–Crippen MR) is 47.0 cm³/mol. The minimum Gasteiger partial charge on any atom is -0.405 e. The van der Waals surface area contributed by atoms with Crippen molar-refractivity contribution >= 4 is 6.08 Å². The fourth-order valence-electron chi connectivity index (χ4n) is 1.02. The predicted octanol–water partition coefficient (Wildman–Crippen LogP) is 0.137. The highest BCUT2D eigenvalue weighted by Crippen LogP contribution is 2.01. The van der Waals surface area contributed by atoms with Gasteiger partial charge in [0.15, 0.2) is 5.49 Å². The smallest absolute Gasteiger partial charge is 0.151 e. The number of nitrogens with zero attached hydrogens (tertiary/aromatic N) is 2. The third-order valence-electron chi connectivity index (χ3n) is 1.73. The van der Waals surface area contributed by atoms with E-state index in [1.165, 1.54) is 6.20 Å². The van der Waals surface area contributed by atoms with Gasteiger partial charge in [0.2, 0.25) is 0 Å². The fourth-order valence-corrected chi connectivity index (χ4v) is 1.02. The average molecular weight is 164 g/mol. The Labute approximate surface area is 70.9 Å². The third-order valence-corrected chi connectivity index (χ3v) is 1.73. The van der Waals surface area contributed by atoms with Gasteiger partial charge in [-0.15, -0.1) is 0 Å². The summed E-state index contributed by atoms with van der Waals surface area (Å²) in [6.45, 7) is 1.85. The Morgan fingerprint density at radius 1 is 1.67 bits per heavy atom. The van der Waals surface area contributed by atoms with E-state index in [1.54, 1.807) is 12.4 Å². The summed E-state index contributed by atoms with van der Waals surface area (Å²) < 4.78 is 1.83. The topological polar surface area (TPSA) is 67.7 Å². The molecule has 4 nitrogen and oxygen atoms in total. The third kappa shape index (κ3) is 1.37. The normalized spacial score (nSPS) is 10.8. The Kier molecular flexibility index (Phi) is 2.28. The SMILES string of the molecule is Cc1c(C=CN)n(C)cnc1=N. The molecule has 0 aliphatic heterocycles. The van der Waals surface area contributed by atoms with Crippen LogP contribution in [0.15, 0.2) is 12.5 Å². The van der Waals surface area contributed by atoms with Gasteiger partial charge in [-0.05, 0) is 19.2 Å². The zero-order valence-electron chi connectivity index (χ0n) is 7.20. The standard InChI is InChI=1S/C8H12N4/c1-6-7(3-4-9)12(2)5-11-8(6)10/h3-5,10H,9H2,1-2H3. The van der Waals surface area contributed by atoms with Gasteiger partial charge in [-0.2, -0.15) is 0 Å². The molecule has 1 aromatic rings. The minimum absolute atomic E-state index is 0.293. The second-order valence-electron chi connectivity index (χ2n) is 2.57. The molecule has 3 N–H and O–H groups in total. The molecule has 12 heavy (non-hydrogen) atoms. The lowest BCUT2D eigenvalue weighted by Crippen LogP contribution is -2.16. The summed E-state index contributed by atoms with van der Waals surface area (Å²) in [5.74, 6) is 0. The van der Waals surface area contributed by atoms with Crippen LogP contribution in [0.3, 0.4) is 0 Å². The van der Waals surface area contributed by atoms with Crippen molar-refractivity contribution in [2.45, 2.75) is 6.92 Å². The summed E-state index contributed by atoms with van der Waals surface area (Å²) in [6, 6.07) is 0. The Balaban J connectivity index is 3.43. The molecule has 0 bridgehead atoms. The van der Waals surface area contributed by atoms with Crippen LogP contribution < -0.4 is 11.2 Å². The van der Waals surface area contributed by atoms with Gasteiger partial charge >= 0.3 is 0 Å². The summed E-state index contributed by atoms with van der Waals surface area (Å²) in [5.41, 5.74) is 7.31. The molecule has 1 heterocycles. The molecular formula is C8H12N4. The average Bonchev–Trinajstić information content (AvgIpc) is 2.06. The number of rotatable bonds is 1. The van der Waals surface area contributed by atoms with Crippen LogP contribution in [0.5, 0.6) is 0 Å². The number of hydrogen-bond acceptors (Lipinski definition) is 3. The van der Waals surface area contributed by atoms with Crippen LogP contribution >= 0.6 is 0 Å². The molecule has 0 unspecified atom stereocenters. The van der Waals surface area contributed by atoms with Gasteiger partial charge in [-0.25, -0.2) is 4.98 Å². The molecule has 0 saturated carbocycles. The van der Waals surface area contributed by atoms with Crippen LogP contribution in [-0.2, 0) is 7.05 Å². The highest BCUT2D eigenvalue weighted by Gasteiger charge is 1.98. The molecule has 0 saturated heterocycles. The van der Waals surface area contributed by atoms with Crippen molar-refractivity contribution in [1.82, 2.24) is 9.55 Å². The van der Waals surface area contributed by atoms with Crippen molar-refractivity contribution in [2.75, 3.05) is 0 Å². The van der Waals surface area contributed by atoms with E-state index >= 15 is 0 Å². The molecular weight excluding hydrogens is 152 g/mol. The van der Waals surface area contributed by atoms with Crippen LogP contribution in [0, 0.1) is 12.3 Å². The molecule has 0 aliphatic rings. The monoisotopic (exact) mass is 164 g/mol. The Morgan fingerprint density at radius 2 is 2.33 bits per heavy atom. The van der Waals surface area contributed by atoms with Crippen LogP contribution in [0.4, 0.5) is 0 Å². The van der Waals surface area contributed by atoms with E-state index in [1.807, 2.05) is 18.5 Å². The van der Waals surface area contributed by atoms with Crippen molar-refractivity contribution in [1.29, 1.82) is 5.41 Å². The summed E-state index contributed by atoms with van der Waals surface area (Å²) in [7, 11) is 1.87. The van der Waals surface area contributed by atoms with Gasteiger partial charge in [0.1, 0.15) is 0 Å². The molecule has 0 aliphatic carbocycles. The number of aryl methyl sites for hydroxylation is 1. The second-order valence-corrected chi connectivity index (χ2v) is 2.57. The van der Waals surface area contributed by atoms with Crippen LogP contribution in [0.2, 0.25) is 0 Å². The van der Waals surface area contributed by atoms with Gasteiger partial charge in [0.25, 0.3) is 0 Å². The molecule has 0 fully saturated rings. The molecule has 64 valence electrons. The molecule has 1 rings (SSSR count). The van der Waals surface area contributed by atoms with Crippen LogP contribution in [0.1, 0.15) is 11.3 Å². The van der Waals surface area contributed by atoms with E-state index in [0.29, 0.717) is 5.49 Å². The quantitative estimate of drug-likeness (QED) is 0.619. The molecule has 0 radical (unpaired) electrons. The van der Waals surface area contributed by atoms with E-state index in [2.05, 4.69) is 4.98 Å². The van der Waals surface area contributed by atoms with Gasteiger partial charge in [0, 0.05) is 18.3 Å². The highest BCUT2D eigenvalue weighted by molar-refractivity contribution is 5.47. The zero-order chi connectivity index (χ0) is 9.14. The summed E-state index contributed by atoms with van der Waals surface area (Å²) in [5, 5.41) is 7.44. The van der Waals surface area contributed by atoms with Gasteiger partial charge in [0.05, 0.1) is 6.33 Å². The first-order chi connectivity index (χ1) is 5.66. The molecule has 0 atom stereocenters. The van der Waals surface area contributed by atoms with Crippen molar-refractivity contribution in [3.63, 3.8) is 0 Å². The van der Waals surface area contributed by atoms with E-state index < -0.39 is 0 Å². The minimum atomic E-state index is 0.293. The fraction of sp³-hybridized carbons (Fsp3) is 0.250. The second kappa shape index (κ2) is 3.21. The maximum absolute atomic E-state index is 7.44. The lowest BCUT2D eigenvalue weighted by atomic mass is 10.2. The van der Waals surface area contributed by atoms with Crippen molar-refractivity contribution in [3.05, 3.63) is 29.3 Å². The summed E-state index contributed by atoms with van der Waals surface area (Å²) >= 11 is 0. The van der Waals surface area contributed by atoms with Gasteiger partial charge in [-0.3, -0.25) is 5.41 Å². The van der Waals surface area contributed by atoms with E-state index in [-0.39, 0.29) is 0 Å². The molecule has 0 aromatic carbocycles. The molecule has 0 amide bonds. The first kappa shape index (κ1) is 8.52. The number of nitrogens with two attached hydrogens (primary N) is 1. The highest BCUT2D eigenvalue weighted by atomic mass is 15.0. The summed E-state index contributed by atoms with van der Waals surface area (Å²) in [4.78, 5) is 3.88. The van der Waals surface area contributed by atoms with Crippen LogP contribution in [0.25, 0.3) is 6.08 Å². The van der Waals surface area contributed by atoms with Crippen molar-refractivity contribution < 1.29 is 0 Å². The lowest BCUT2D eigenvalue weighted by molar-refractivity contribution is 0.813. The first-order valence-electron chi connectivity index (χ1n) is 3.62. The molecule has 0 spiro atoms. The number of aromatic nitrogens is 2. The Morgan fingerprint density at radius 3 is 2.92 bits per heavy atom. The Hall–Kier alpha value is -1.58.